The third-order valence-electron chi connectivity index (χ3n) is 4.82. The second-order valence-electron chi connectivity index (χ2n) is 6.68. The predicted octanol–water partition coefficient (Wildman–Crippen LogP) is 2.87. The van der Waals surface area contributed by atoms with Crippen LogP contribution in [0.1, 0.15) is 12.0 Å². The molecule has 1 aliphatic rings. The van der Waals surface area contributed by atoms with Gasteiger partial charge in [0.15, 0.2) is 11.5 Å². The van der Waals surface area contributed by atoms with E-state index >= 15 is 0 Å². The normalized spacial score (nSPS) is 16.2. The third-order valence-corrected chi connectivity index (χ3v) is 4.82. The Morgan fingerprint density at radius 2 is 1.86 bits per heavy atom. The van der Waals surface area contributed by atoms with Crippen LogP contribution >= 0.6 is 0 Å². The van der Waals surface area contributed by atoms with Gasteiger partial charge in [0, 0.05) is 25.2 Å². The molecule has 28 heavy (non-hydrogen) atoms. The van der Waals surface area contributed by atoms with Gasteiger partial charge < -0.3 is 19.7 Å². The van der Waals surface area contributed by atoms with Gasteiger partial charge in [-0.15, -0.1) is 0 Å². The van der Waals surface area contributed by atoms with Crippen molar-refractivity contribution in [1.29, 1.82) is 0 Å². The molecule has 7 heteroatoms. The van der Waals surface area contributed by atoms with E-state index in [9.17, 15) is 14.0 Å². The number of benzene rings is 2. The van der Waals surface area contributed by atoms with E-state index in [1.165, 1.54) is 24.3 Å². The molecule has 3 rings (SSSR count). The number of rotatable bonds is 7. The number of methoxy groups -OCH3 is 2. The zero-order chi connectivity index (χ0) is 20.1. The standard InChI is InChI=1S/C21H23FN2O4/c1-27-18-8-3-14(11-19(18)28-2)9-10-24-13-15(12-20(24)25)21(26)23-17-6-4-16(22)5-7-17/h3-8,11,15H,9-10,12-13H2,1-2H3,(H,23,26)/t15-/m0/s1. The molecule has 2 aromatic rings. The van der Waals surface area contributed by atoms with Gasteiger partial charge in [0.1, 0.15) is 5.82 Å². The third kappa shape index (κ3) is 4.60. The minimum Gasteiger partial charge on any atom is -0.493 e. The van der Waals surface area contributed by atoms with E-state index in [1.807, 2.05) is 18.2 Å². The Hall–Kier alpha value is -3.09. The summed E-state index contributed by atoms with van der Waals surface area (Å²) < 4.78 is 23.5. The first kappa shape index (κ1) is 19.7. The monoisotopic (exact) mass is 386 g/mol. The SMILES string of the molecule is COc1ccc(CCN2C[C@@H](C(=O)Nc3ccc(F)cc3)CC2=O)cc1OC. The van der Waals surface area contributed by atoms with Crippen LogP contribution in [-0.2, 0) is 16.0 Å². The van der Waals surface area contributed by atoms with Crippen molar-refractivity contribution >= 4 is 17.5 Å². The van der Waals surface area contributed by atoms with Crippen LogP contribution < -0.4 is 14.8 Å². The molecule has 0 spiro atoms. The molecule has 2 aromatic carbocycles. The molecule has 6 nitrogen and oxygen atoms in total. The Morgan fingerprint density at radius 1 is 1.14 bits per heavy atom. The topological polar surface area (TPSA) is 67.9 Å². The maximum absolute atomic E-state index is 13.0. The minimum absolute atomic E-state index is 0.0419. The molecule has 0 unspecified atom stereocenters. The number of hydrogen-bond donors (Lipinski definition) is 1. The first-order valence-electron chi connectivity index (χ1n) is 9.05. The highest BCUT2D eigenvalue weighted by molar-refractivity contribution is 5.97. The van der Waals surface area contributed by atoms with Crippen LogP contribution in [0.4, 0.5) is 10.1 Å². The summed E-state index contributed by atoms with van der Waals surface area (Å²) in [5.74, 6) is 0.247. The summed E-state index contributed by atoms with van der Waals surface area (Å²) in [5.41, 5.74) is 1.53. The summed E-state index contributed by atoms with van der Waals surface area (Å²) in [7, 11) is 3.16. The fraction of sp³-hybridized carbons (Fsp3) is 0.333. The van der Waals surface area contributed by atoms with Crippen molar-refractivity contribution < 1.29 is 23.5 Å². The van der Waals surface area contributed by atoms with E-state index in [4.69, 9.17) is 9.47 Å². The number of nitrogens with zero attached hydrogens (tertiary/aromatic N) is 1. The lowest BCUT2D eigenvalue weighted by Crippen LogP contribution is -2.30. The summed E-state index contributed by atoms with van der Waals surface area (Å²) in [6, 6.07) is 11.2. The van der Waals surface area contributed by atoms with Crippen LogP contribution in [0, 0.1) is 11.7 Å². The number of ether oxygens (including phenoxy) is 2. The summed E-state index contributed by atoms with van der Waals surface area (Å²) in [6.07, 6.45) is 0.831. The van der Waals surface area contributed by atoms with Crippen LogP contribution in [0.25, 0.3) is 0 Å². The molecule has 1 saturated heterocycles. The Morgan fingerprint density at radius 3 is 2.54 bits per heavy atom. The Labute approximate surface area is 163 Å². The van der Waals surface area contributed by atoms with Gasteiger partial charge >= 0.3 is 0 Å². The molecule has 1 N–H and O–H groups in total. The van der Waals surface area contributed by atoms with Crippen molar-refractivity contribution in [3.05, 3.63) is 53.8 Å². The molecule has 1 atom stereocenters. The van der Waals surface area contributed by atoms with Crippen molar-refractivity contribution in [1.82, 2.24) is 4.90 Å². The number of halogens is 1. The van der Waals surface area contributed by atoms with Crippen LogP contribution in [0.3, 0.4) is 0 Å². The van der Waals surface area contributed by atoms with E-state index in [-0.39, 0.29) is 24.1 Å². The van der Waals surface area contributed by atoms with Crippen molar-refractivity contribution in [3.63, 3.8) is 0 Å². The van der Waals surface area contributed by atoms with Gasteiger partial charge in [-0.25, -0.2) is 4.39 Å². The largest absolute Gasteiger partial charge is 0.493 e. The molecule has 1 heterocycles. The Balaban J connectivity index is 1.55. The summed E-state index contributed by atoms with van der Waals surface area (Å²) in [6.45, 7) is 0.897. The number of amides is 2. The number of carbonyl (C=O) groups is 2. The van der Waals surface area contributed by atoms with Crippen molar-refractivity contribution in [2.24, 2.45) is 5.92 Å². The average Bonchev–Trinajstić information content (AvgIpc) is 3.08. The summed E-state index contributed by atoms with van der Waals surface area (Å²) in [4.78, 5) is 26.4. The van der Waals surface area contributed by atoms with Gasteiger partial charge in [-0.05, 0) is 48.4 Å². The number of anilines is 1. The maximum Gasteiger partial charge on any atom is 0.229 e. The van der Waals surface area contributed by atoms with Crippen molar-refractivity contribution in [2.45, 2.75) is 12.8 Å². The van der Waals surface area contributed by atoms with Crippen LogP contribution in [0.15, 0.2) is 42.5 Å². The van der Waals surface area contributed by atoms with Crippen LogP contribution in [0.2, 0.25) is 0 Å². The van der Waals surface area contributed by atoms with Crippen LogP contribution in [-0.4, -0.2) is 44.0 Å². The highest BCUT2D eigenvalue weighted by Crippen LogP contribution is 2.28. The second-order valence-corrected chi connectivity index (χ2v) is 6.68. The molecule has 1 aliphatic heterocycles. The number of likely N-dealkylation sites (tertiary alicyclic amines) is 1. The van der Waals surface area contributed by atoms with Gasteiger partial charge in [0.05, 0.1) is 20.1 Å². The minimum atomic E-state index is -0.414. The lowest BCUT2D eigenvalue weighted by Gasteiger charge is -2.17. The van der Waals surface area contributed by atoms with Crippen molar-refractivity contribution in [3.8, 4) is 11.5 Å². The molecule has 0 aliphatic carbocycles. The van der Waals surface area contributed by atoms with E-state index in [0.717, 1.165) is 5.56 Å². The zero-order valence-corrected chi connectivity index (χ0v) is 15.9. The molecule has 0 saturated carbocycles. The second kappa shape index (κ2) is 8.73. The van der Waals surface area contributed by atoms with Gasteiger partial charge in [-0.1, -0.05) is 6.07 Å². The number of carbonyl (C=O) groups excluding carboxylic acids is 2. The summed E-state index contributed by atoms with van der Waals surface area (Å²) in [5, 5.41) is 2.74. The molecular weight excluding hydrogens is 363 g/mol. The highest BCUT2D eigenvalue weighted by atomic mass is 19.1. The van der Waals surface area contributed by atoms with Crippen molar-refractivity contribution in [2.75, 3.05) is 32.6 Å². The van der Waals surface area contributed by atoms with Crippen LogP contribution in [0.5, 0.6) is 11.5 Å². The van der Waals surface area contributed by atoms with Gasteiger partial charge in [-0.2, -0.15) is 0 Å². The molecular formula is C21H23FN2O4. The Bertz CT molecular complexity index is 854. The van der Waals surface area contributed by atoms with Gasteiger partial charge in [0.25, 0.3) is 0 Å². The quantitative estimate of drug-likeness (QED) is 0.795. The smallest absolute Gasteiger partial charge is 0.229 e. The first-order chi connectivity index (χ1) is 13.5. The first-order valence-corrected chi connectivity index (χ1v) is 9.05. The molecule has 148 valence electrons. The molecule has 1 fully saturated rings. The zero-order valence-electron chi connectivity index (χ0n) is 15.9. The number of hydrogen-bond acceptors (Lipinski definition) is 4. The van der Waals surface area contributed by atoms with E-state index in [2.05, 4.69) is 5.32 Å². The lowest BCUT2D eigenvalue weighted by atomic mass is 10.1. The predicted molar refractivity (Wildman–Crippen MR) is 103 cm³/mol. The number of nitrogens with one attached hydrogen (secondary N) is 1. The average molecular weight is 386 g/mol. The lowest BCUT2D eigenvalue weighted by molar-refractivity contribution is -0.128. The molecule has 0 aromatic heterocycles. The highest BCUT2D eigenvalue weighted by Gasteiger charge is 2.34. The van der Waals surface area contributed by atoms with E-state index in [1.54, 1.807) is 19.1 Å². The van der Waals surface area contributed by atoms with E-state index < -0.39 is 5.92 Å². The Kier molecular flexibility index (Phi) is 6.13. The van der Waals surface area contributed by atoms with Gasteiger partial charge in [0.2, 0.25) is 11.8 Å². The fourth-order valence-electron chi connectivity index (χ4n) is 3.24. The molecule has 0 bridgehead atoms. The van der Waals surface area contributed by atoms with E-state index in [0.29, 0.717) is 36.7 Å². The molecule has 2 amide bonds. The fourth-order valence-corrected chi connectivity index (χ4v) is 3.24. The maximum atomic E-state index is 13.0. The van der Waals surface area contributed by atoms with Gasteiger partial charge in [-0.3, -0.25) is 9.59 Å². The molecule has 0 radical (unpaired) electrons. The summed E-state index contributed by atoms with van der Waals surface area (Å²) >= 11 is 0.